The van der Waals surface area contributed by atoms with Crippen LogP contribution in [0.4, 0.5) is 11.5 Å². The lowest BCUT2D eigenvalue weighted by Gasteiger charge is -2.24. The molecule has 1 aromatic heterocycles. The highest BCUT2D eigenvalue weighted by atomic mass is 32.2. The van der Waals surface area contributed by atoms with E-state index in [4.69, 9.17) is 15.7 Å². The Morgan fingerprint density at radius 1 is 0.893 bits per heavy atom. The Labute approximate surface area is 171 Å². The molecule has 5 heteroatoms. The molecule has 2 aromatic carbocycles. The molecule has 0 amide bonds. The van der Waals surface area contributed by atoms with Gasteiger partial charge < -0.3 is 11.1 Å². The van der Waals surface area contributed by atoms with Crippen molar-refractivity contribution in [3.63, 3.8) is 0 Å². The summed E-state index contributed by atoms with van der Waals surface area (Å²) in [6.45, 7) is 0. The highest BCUT2D eigenvalue weighted by Gasteiger charge is 2.18. The molecule has 1 aliphatic carbocycles. The Morgan fingerprint density at radius 3 is 2.29 bits per heavy atom. The fourth-order valence-electron chi connectivity index (χ4n) is 3.55. The van der Waals surface area contributed by atoms with Crippen LogP contribution in [-0.4, -0.2) is 16.0 Å². The predicted molar refractivity (Wildman–Crippen MR) is 118 cm³/mol. The lowest BCUT2D eigenvalue weighted by atomic mass is 9.95. The molecule has 3 N–H and O–H groups in total. The zero-order valence-corrected chi connectivity index (χ0v) is 16.8. The van der Waals surface area contributed by atoms with E-state index in [2.05, 4.69) is 29.6 Å². The second-order valence-corrected chi connectivity index (χ2v) is 8.20. The minimum atomic E-state index is 0.446. The van der Waals surface area contributed by atoms with E-state index in [1.165, 1.54) is 37.7 Å². The monoisotopic (exact) mass is 390 g/mol. The molecular formula is C23H26N4S. The standard InChI is InChI=1S/C23H26N4S/c24-20-22(25-19-14-8-3-9-15-19)26-21(18-12-6-2-7-13-18)27-23(20)28-16-17-10-4-1-5-11-17/h1-2,4-7,10-13,19H,3,8-9,14-16,24H2,(H,25,26,27). The minimum absolute atomic E-state index is 0.446. The van der Waals surface area contributed by atoms with Crippen LogP contribution in [0.1, 0.15) is 37.7 Å². The fourth-order valence-corrected chi connectivity index (χ4v) is 4.45. The Balaban J connectivity index is 1.63. The minimum Gasteiger partial charge on any atom is -0.394 e. The number of nitrogen functional groups attached to an aromatic ring is 1. The number of nitrogens with two attached hydrogens (primary N) is 1. The molecule has 28 heavy (non-hydrogen) atoms. The molecule has 4 rings (SSSR count). The van der Waals surface area contributed by atoms with Crippen molar-refractivity contribution in [2.24, 2.45) is 0 Å². The van der Waals surface area contributed by atoms with Crippen molar-refractivity contribution >= 4 is 23.3 Å². The summed E-state index contributed by atoms with van der Waals surface area (Å²) in [7, 11) is 0. The summed E-state index contributed by atoms with van der Waals surface area (Å²) in [5, 5.41) is 4.45. The lowest BCUT2D eigenvalue weighted by Crippen LogP contribution is -2.24. The second kappa shape index (κ2) is 9.11. The normalized spacial score (nSPS) is 14.7. The summed E-state index contributed by atoms with van der Waals surface area (Å²) in [6, 6.07) is 21.0. The summed E-state index contributed by atoms with van der Waals surface area (Å²) < 4.78 is 0. The smallest absolute Gasteiger partial charge is 0.162 e. The van der Waals surface area contributed by atoms with Crippen LogP contribution in [0.3, 0.4) is 0 Å². The molecule has 0 radical (unpaired) electrons. The number of thioether (sulfide) groups is 1. The van der Waals surface area contributed by atoms with Gasteiger partial charge in [-0.3, -0.25) is 0 Å². The first-order valence-electron chi connectivity index (χ1n) is 9.96. The number of nitrogens with one attached hydrogen (secondary N) is 1. The first-order valence-corrected chi connectivity index (χ1v) is 10.9. The highest BCUT2D eigenvalue weighted by molar-refractivity contribution is 7.98. The molecule has 0 atom stereocenters. The van der Waals surface area contributed by atoms with Crippen LogP contribution in [0.5, 0.6) is 0 Å². The molecule has 0 aliphatic heterocycles. The number of benzene rings is 2. The summed E-state index contributed by atoms with van der Waals surface area (Å²) in [5.41, 5.74) is 9.43. The Bertz CT molecular complexity index is 893. The van der Waals surface area contributed by atoms with Crippen molar-refractivity contribution in [1.82, 2.24) is 9.97 Å². The molecular weight excluding hydrogens is 364 g/mol. The van der Waals surface area contributed by atoms with E-state index in [0.29, 0.717) is 11.7 Å². The quantitative estimate of drug-likeness (QED) is 0.414. The van der Waals surface area contributed by atoms with Gasteiger partial charge in [0.15, 0.2) is 11.6 Å². The van der Waals surface area contributed by atoms with Crippen LogP contribution in [0.25, 0.3) is 11.4 Å². The Morgan fingerprint density at radius 2 is 1.57 bits per heavy atom. The molecule has 1 saturated carbocycles. The van der Waals surface area contributed by atoms with Gasteiger partial charge in [0.1, 0.15) is 10.7 Å². The Hall–Kier alpha value is -2.53. The topological polar surface area (TPSA) is 63.8 Å². The molecule has 0 spiro atoms. The van der Waals surface area contributed by atoms with E-state index in [0.717, 1.165) is 28.0 Å². The van der Waals surface area contributed by atoms with Crippen molar-refractivity contribution in [2.75, 3.05) is 11.1 Å². The molecule has 0 saturated heterocycles. The van der Waals surface area contributed by atoms with Gasteiger partial charge in [-0.05, 0) is 18.4 Å². The van der Waals surface area contributed by atoms with Crippen LogP contribution in [0, 0.1) is 0 Å². The van der Waals surface area contributed by atoms with Crippen LogP contribution >= 0.6 is 11.8 Å². The molecule has 1 heterocycles. The van der Waals surface area contributed by atoms with Gasteiger partial charge in [-0.25, -0.2) is 9.97 Å². The predicted octanol–water partition coefficient (Wildman–Crippen LogP) is 5.76. The number of rotatable bonds is 6. The highest BCUT2D eigenvalue weighted by Crippen LogP contribution is 2.34. The van der Waals surface area contributed by atoms with Crippen molar-refractivity contribution in [2.45, 2.75) is 48.9 Å². The van der Waals surface area contributed by atoms with Gasteiger partial charge >= 0.3 is 0 Å². The largest absolute Gasteiger partial charge is 0.394 e. The van der Waals surface area contributed by atoms with E-state index in [1.807, 2.05) is 36.4 Å². The van der Waals surface area contributed by atoms with Gasteiger partial charge in [0, 0.05) is 17.4 Å². The summed E-state index contributed by atoms with van der Waals surface area (Å²) in [6.07, 6.45) is 6.21. The zero-order chi connectivity index (χ0) is 19.2. The third-order valence-electron chi connectivity index (χ3n) is 5.11. The number of hydrogen-bond acceptors (Lipinski definition) is 5. The van der Waals surface area contributed by atoms with Crippen LogP contribution in [-0.2, 0) is 5.75 Å². The average molecular weight is 391 g/mol. The maximum Gasteiger partial charge on any atom is 0.162 e. The maximum atomic E-state index is 6.50. The summed E-state index contributed by atoms with van der Waals surface area (Å²) in [4.78, 5) is 9.59. The van der Waals surface area contributed by atoms with Crippen LogP contribution < -0.4 is 11.1 Å². The second-order valence-electron chi connectivity index (χ2n) is 7.23. The molecule has 4 nitrogen and oxygen atoms in total. The summed E-state index contributed by atoms with van der Waals surface area (Å²) >= 11 is 1.67. The van der Waals surface area contributed by atoms with Crippen molar-refractivity contribution in [3.8, 4) is 11.4 Å². The van der Waals surface area contributed by atoms with Crippen molar-refractivity contribution in [1.29, 1.82) is 0 Å². The Kier molecular flexibility index (Phi) is 6.12. The van der Waals surface area contributed by atoms with Crippen LogP contribution in [0.2, 0.25) is 0 Å². The van der Waals surface area contributed by atoms with Gasteiger partial charge in [-0.15, -0.1) is 0 Å². The van der Waals surface area contributed by atoms with Crippen molar-refractivity contribution in [3.05, 3.63) is 66.2 Å². The zero-order valence-electron chi connectivity index (χ0n) is 16.0. The first-order chi connectivity index (χ1) is 13.8. The van der Waals surface area contributed by atoms with Gasteiger partial charge in [0.25, 0.3) is 0 Å². The third-order valence-corrected chi connectivity index (χ3v) is 6.17. The third kappa shape index (κ3) is 4.65. The fraction of sp³-hybridized carbons (Fsp3) is 0.304. The molecule has 3 aromatic rings. The van der Waals surface area contributed by atoms with Gasteiger partial charge in [0.05, 0.1) is 0 Å². The number of hydrogen-bond donors (Lipinski definition) is 2. The number of aromatic nitrogens is 2. The van der Waals surface area contributed by atoms with E-state index in [1.54, 1.807) is 11.8 Å². The molecule has 144 valence electrons. The van der Waals surface area contributed by atoms with Gasteiger partial charge in [0.2, 0.25) is 0 Å². The molecule has 1 fully saturated rings. The number of nitrogens with zero attached hydrogens (tertiary/aromatic N) is 2. The lowest BCUT2D eigenvalue weighted by molar-refractivity contribution is 0.462. The first kappa shape index (κ1) is 18.8. The van der Waals surface area contributed by atoms with E-state index in [-0.39, 0.29) is 0 Å². The molecule has 0 unspecified atom stereocenters. The SMILES string of the molecule is Nc1c(NC2CCCCC2)nc(-c2ccccc2)nc1SCc1ccccc1. The maximum absolute atomic E-state index is 6.50. The van der Waals surface area contributed by atoms with Gasteiger partial charge in [-0.1, -0.05) is 91.7 Å². The van der Waals surface area contributed by atoms with E-state index >= 15 is 0 Å². The average Bonchev–Trinajstić information content (AvgIpc) is 2.76. The van der Waals surface area contributed by atoms with E-state index < -0.39 is 0 Å². The molecule has 1 aliphatic rings. The van der Waals surface area contributed by atoms with Gasteiger partial charge in [-0.2, -0.15) is 0 Å². The number of anilines is 2. The summed E-state index contributed by atoms with van der Waals surface area (Å²) in [5.74, 6) is 2.33. The van der Waals surface area contributed by atoms with Crippen molar-refractivity contribution < 1.29 is 0 Å². The van der Waals surface area contributed by atoms with E-state index in [9.17, 15) is 0 Å². The van der Waals surface area contributed by atoms with Crippen LogP contribution in [0.15, 0.2) is 65.7 Å². The molecule has 0 bridgehead atoms.